The van der Waals surface area contributed by atoms with Crippen LogP contribution in [0.15, 0.2) is 91.3 Å². The number of nitrogens with one attached hydrogen (secondary N) is 2. The van der Waals surface area contributed by atoms with Crippen molar-refractivity contribution in [2.45, 2.75) is 6.04 Å². The standard InChI is InChI=1S/C21H18N4O/c26-21(23-18-12-14-25-19(15-18)11-13-22-25)24-20(16-7-3-1-4-8-16)17-9-5-2-6-10-17/h1-15,20H,(H2,23,24,26). The van der Waals surface area contributed by atoms with Gasteiger partial charge in [0.1, 0.15) is 0 Å². The highest BCUT2D eigenvalue weighted by Gasteiger charge is 2.16. The summed E-state index contributed by atoms with van der Waals surface area (Å²) in [5.74, 6) is 0. The van der Waals surface area contributed by atoms with Gasteiger partial charge in [-0.15, -0.1) is 0 Å². The molecule has 0 aliphatic rings. The predicted molar refractivity (Wildman–Crippen MR) is 102 cm³/mol. The van der Waals surface area contributed by atoms with Gasteiger partial charge >= 0.3 is 6.03 Å². The van der Waals surface area contributed by atoms with E-state index >= 15 is 0 Å². The third-order valence-electron chi connectivity index (χ3n) is 4.20. The highest BCUT2D eigenvalue weighted by atomic mass is 16.2. The molecule has 0 saturated carbocycles. The number of carbonyl (C=O) groups excluding carboxylic acids is 1. The van der Waals surface area contributed by atoms with Gasteiger partial charge in [0.25, 0.3) is 0 Å². The summed E-state index contributed by atoms with van der Waals surface area (Å²) in [6.45, 7) is 0. The fourth-order valence-electron chi connectivity index (χ4n) is 2.95. The summed E-state index contributed by atoms with van der Waals surface area (Å²) in [5.41, 5.74) is 3.70. The number of hydrogen-bond donors (Lipinski definition) is 2. The van der Waals surface area contributed by atoms with Crippen LogP contribution in [0.3, 0.4) is 0 Å². The molecule has 0 unspecified atom stereocenters. The van der Waals surface area contributed by atoms with Gasteiger partial charge in [0.05, 0.1) is 11.6 Å². The molecule has 0 aliphatic heterocycles. The Bertz CT molecular complexity index is 972. The number of benzene rings is 2. The van der Waals surface area contributed by atoms with E-state index in [2.05, 4.69) is 15.7 Å². The lowest BCUT2D eigenvalue weighted by Gasteiger charge is -2.20. The van der Waals surface area contributed by atoms with E-state index < -0.39 is 0 Å². The average Bonchev–Trinajstić information content (AvgIpc) is 3.15. The van der Waals surface area contributed by atoms with Crippen LogP contribution in [0.2, 0.25) is 0 Å². The molecule has 5 heteroatoms. The number of carbonyl (C=O) groups is 1. The summed E-state index contributed by atoms with van der Waals surface area (Å²) in [5, 5.41) is 10.1. The zero-order valence-electron chi connectivity index (χ0n) is 14.0. The summed E-state index contributed by atoms with van der Waals surface area (Å²) < 4.78 is 1.75. The van der Waals surface area contributed by atoms with Crippen molar-refractivity contribution in [1.82, 2.24) is 14.9 Å². The normalized spacial score (nSPS) is 10.8. The number of pyridine rings is 1. The van der Waals surface area contributed by atoms with Crippen LogP contribution >= 0.6 is 0 Å². The van der Waals surface area contributed by atoms with Gasteiger partial charge in [-0.05, 0) is 29.3 Å². The maximum Gasteiger partial charge on any atom is 0.319 e. The van der Waals surface area contributed by atoms with Crippen molar-refractivity contribution in [3.63, 3.8) is 0 Å². The summed E-state index contributed by atoms with van der Waals surface area (Å²) in [7, 11) is 0. The van der Waals surface area contributed by atoms with E-state index in [-0.39, 0.29) is 12.1 Å². The molecule has 2 amide bonds. The van der Waals surface area contributed by atoms with Crippen LogP contribution in [0.1, 0.15) is 17.2 Å². The van der Waals surface area contributed by atoms with Crippen molar-refractivity contribution in [2.75, 3.05) is 5.32 Å². The molecule has 2 heterocycles. The third-order valence-corrected chi connectivity index (χ3v) is 4.20. The van der Waals surface area contributed by atoms with Crippen molar-refractivity contribution in [2.24, 2.45) is 0 Å². The zero-order chi connectivity index (χ0) is 17.8. The van der Waals surface area contributed by atoms with Gasteiger partial charge in [-0.2, -0.15) is 5.10 Å². The van der Waals surface area contributed by atoms with Crippen molar-refractivity contribution in [1.29, 1.82) is 0 Å². The number of rotatable bonds is 4. The van der Waals surface area contributed by atoms with E-state index in [9.17, 15) is 4.79 Å². The van der Waals surface area contributed by atoms with Crippen LogP contribution in [0, 0.1) is 0 Å². The predicted octanol–water partition coefficient (Wildman–Crippen LogP) is 4.25. The molecular weight excluding hydrogens is 324 g/mol. The van der Waals surface area contributed by atoms with Crippen molar-refractivity contribution in [3.05, 3.63) is 102 Å². The number of anilines is 1. The first-order chi connectivity index (χ1) is 12.8. The molecule has 0 spiro atoms. The van der Waals surface area contributed by atoms with Gasteiger partial charge < -0.3 is 10.6 Å². The van der Waals surface area contributed by atoms with Crippen LogP contribution in [-0.2, 0) is 0 Å². The molecule has 0 atom stereocenters. The van der Waals surface area contributed by atoms with E-state index in [1.54, 1.807) is 10.7 Å². The van der Waals surface area contributed by atoms with E-state index in [0.29, 0.717) is 0 Å². The number of aromatic nitrogens is 2. The first-order valence-corrected chi connectivity index (χ1v) is 8.40. The highest BCUT2D eigenvalue weighted by Crippen LogP contribution is 2.22. The Morgan fingerprint density at radius 3 is 2.19 bits per heavy atom. The molecule has 2 aromatic carbocycles. The molecule has 2 N–H and O–H groups in total. The molecule has 0 fully saturated rings. The van der Waals surface area contributed by atoms with Gasteiger partial charge in [0.2, 0.25) is 0 Å². The van der Waals surface area contributed by atoms with Crippen LogP contribution in [0.25, 0.3) is 5.52 Å². The molecule has 0 saturated heterocycles. The van der Waals surface area contributed by atoms with E-state index in [1.165, 1.54) is 0 Å². The van der Waals surface area contributed by atoms with E-state index in [4.69, 9.17) is 0 Å². The minimum Gasteiger partial charge on any atom is -0.327 e. The molecule has 128 valence electrons. The zero-order valence-corrected chi connectivity index (χ0v) is 14.0. The van der Waals surface area contributed by atoms with Crippen molar-refractivity contribution < 1.29 is 4.79 Å². The molecule has 2 aromatic heterocycles. The second kappa shape index (κ2) is 7.11. The van der Waals surface area contributed by atoms with Crippen molar-refractivity contribution in [3.8, 4) is 0 Å². The van der Waals surface area contributed by atoms with Gasteiger partial charge in [-0.25, -0.2) is 9.31 Å². The quantitative estimate of drug-likeness (QED) is 0.583. The van der Waals surface area contributed by atoms with Crippen LogP contribution in [0.5, 0.6) is 0 Å². The molecule has 0 radical (unpaired) electrons. The minimum atomic E-state index is -0.258. The Balaban J connectivity index is 1.56. The maximum absolute atomic E-state index is 12.6. The molecule has 26 heavy (non-hydrogen) atoms. The summed E-state index contributed by atoms with van der Waals surface area (Å²) in [4.78, 5) is 12.6. The summed E-state index contributed by atoms with van der Waals surface area (Å²) in [6.07, 6.45) is 3.54. The Morgan fingerprint density at radius 2 is 1.54 bits per heavy atom. The largest absolute Gasteiger partial charge is 0.327 e. The molecular formula is C21H18N4O. The second-order valence-electron chi connectivity index (χ2n) is 5.97. The molecule has 4 rings (SSSR count). The number of amides is 2. The average molecular weight is 342 g/mol. The van der Waals surface area contributed by atoms with Gasteiger partial charge in [0.15, 0.2) is 0 Å². The Hall–Kier alpha value is -3.60. The number of fused-ring (bicyclic) bond motifs is 1. The molecule has 0 bridgehead atoms. The maximum atomic E-state index is 12.6. The third kappa shape index (κ3) is 3.42. The Labute approximate surface area is 151 Å². The van der Waals surface area contributed by atoms with E-state index in [1.807, 2.05) is 85.1 Å². The Kier molecular flexibility index (Phi) is 4.35. The van der Waals surface area contributed by atoms with Crippen molar-refractivity contribution >= 4 is 17.2 Å². The van der Waals surface area contributed by atoms with E-state index in [0.717, 1.165) is 22.3 Å². The number of hydrogen-bond acceptors (Lipinski definition) is 2. The molecule has 5 nitrogen and oxygen atoms in total. The summed E-state index contributed by atoms with van der Waals surface area (Å²) in [6, 6.07) is 25.0. The first-order valence-electron chi connectivity index (χ1n) is 8.40. The second-order valence-corrected chi connectivity index (χ2v) is 5.97. The van der Waals surface area contributed by atoms with Gasteiger partial charge in [-0.1, -0.05) is 60.7 Å². The van der Waals surface area contributed by atoms with Crippen LogP contribution in [0.4, 0.5) is 10.5 Å². The number of nitrogens with zero attached hydrogens (tertiary/aromatic N) is 2. The summed E-state index contributed by atoms with van der Waals surface area (Å²) >= 11 is 0. The lowest BCUT2D eigenvalue weighted by atomic mass is 9.99. The van der Waals surface area contributed by atoms with Crippen LogP contribution < -0.4 is 10.6 Å². The van der Waals surface area contributed by atoms with Crippen LogP contribution in [-0.4, -0.2) is 15.6 Å². The fourth-order valence-corrected chi connectivity index (χ4v) is 2.95. The fraction of sp³-hybridized carbons (Fsp3) is 0.0476. The minimum absolute atomic E-state index is 0.226. The lowest BCUT2D eigenvalue weighted by molar-refractivity contribution is 0.250. The number of urea groups is 1. The topological polar surface area (TPSA) is 58.4 Å². The first kappa shape index (κ1) is 15.9. The smallest absolute Gasteiger partial charge is 0.319 e. The van der Waals surface area contributed by atoms with Gasteiger partial charge in [0, 0.05) is 18.1 Å². The highest BCUT2D eigenvalue weighted by molar-refractivity contribution is 5.90. The van der Waals surface area contributed by atoms with Gasteiger partial charge in [-0.3, -0.25) is 0 Å². The monoisotopic (exact) mass is 342 g/mol. The Morgan fingerprint density at radius 1 is 0.885 bits per heavy atom. The lowest BCUT2D eigenvalue weighted by Crippen LogP contribution is -2.33. The SMILES string of the molecule is O=C(Nc1ccn2nccc2c1)NC(c1ccccc1)c1ccccc1. The molecule has 4 aromatic rings. The molecule has 0 aliphatic carbocycles.